The van der Waals surface area contributed by atoms with Crippen LogP contribution < -0.4 is 15.4 Å². The first-order valence-electron chi connectivity index (χ1n) is 10.3. The Morgan fingerprint density at radius 2 is 2.17 bits per heavy atom. The van der Waals surface area contributed by atoms with E-state index in [4.69, 9.17) is 9.73 Å². The van der Waals surface area contributed by atoms with Crippen molar-refractivity contribution < 1.29 is 9.53 Å². The molecule has 1 aromatic carbocycles. The first-order chi connectivity index (χ1) is 13.7. The predicted molar refractivity (Wildman–Crippen MR) is 131 cm³/mol. The molecule has 0 radical (unpaired) electrons. The number of carbonyl (C=O) groups excluding carboxylic acids is 1. The zero-order valence-corrected chi connectivity index (χ0v) is 20.5. The van der Waals surface area contributed by atoms with Gasteiger partial charge in [0.2, 0.25) is 0 Å². The largest absolute Gasteiger partial charge is 0.484 e. The summed E-state index contributed by atoms with van der Waals surface area (Å²) in [4.78, 5) is 19.0. The number of hydrogen-bond acceptors (Lipinski definition) is 4. The van der Waals surface area contributed by atoms with Gasteiger partial charge in [-0.15, -0.1) is 24.0 Å². The van der Waals surface area contributed by atoms with Crippen LogP contribution in [0, 0.1) is 0 Å². The minimum Gasteiger partial charge on any atom is -0.484 e. The standard InChI is InChI=1S/C21H32N4O2S.HI/c1-3-19-14-25(10-11-28-19)21(22-4-2)23-13-16-6-5-7-18(12-16)27-15-20(26)24-17-8-9-17;/h5-7,12,17,19H,3-4,8-11,13-15H2,1-2H3,(H,22,23)(H,24,26);1H. The topological polar surface area (TPSA) is 66.0 Å². The minimum absolute atomic E-state index is 0. The van der Waals surface area contributed by atoms with Crippen LogP contribution in [0.5, 0.6) is 5.75 Å². The van der Waals surface area contributed by atoms with Crippen molar-refractivity contribution in [1.82, 2.24) is 15.5 Å². The molecular formula is C21H33IN4O2S. The monoisotopic (exact) mass is 532 g/mol. The fraction of sp³-hybridized carbons (Fsp3) is 0.619. The zero-order chi connectivity index (χ0) is 19.8. The van der Waals surface area contributed by atoms with Crippen LogP contribution in [0.1, 0.15) is 38.7 Å². The fourth-order valence-electron chi connectivity index (χ4n) is 3.13. The number of amides is 1. The first-order valence-corrected chi connectivity index (χ1v) is 11.4. The Morgan fingerprint density at radius 3 is 2.90 bits per heavy atom. The molecule has 1 saturated carbocycles. The Morgan fingerprint density at radius 1 is 1.34 bits per heavy atom. The van der Waals surface area contributed by atoms with Crippen LogP contribution in [0.2, 0.25) is 0 Å². The summed E-state index contributed by atoms with van der Waals surface area (Å²) >= 11 is 2.06. The summed E-state index contributed by atoms with van der Waals surface area (Å²) in [7, 11) is 0. The fourth-order valence-corrected chi connectivity index (χ4v) is 4.31. The summed E-state index contributed by atoms with van der Waals surface area (Å²) in [5.41, 5.74) is 1.08. The highest BCUT2D eigenvalue weighted by molar-refractivity contribution is 14.0. The molecule has 1 unspecified atom stereocenters. The zero-order valence-electron chi connectivity index (χ0n) is 17.4. The lowest BCUT2D eigenvalue weighted by Gasteiger charge is -2.34. The van der Waals surface area contributed by atoms with Crippen LogP contribution in [-0.4, -0.2) is 60.1 Å². The summed E-state index contributed by atoms with van der Waals surface area (Å²) in [5.74, 6) is 2.80. The quantitative estimate of drug-likeness (QED) is 0.306. The Kier molecular flexibility index (Phi) is 10.4. The third-order valence-electron chi connectivity index (χ3n) is 4.85. The van der Waals surface area contributed by atoms with Gasteiger partial charge in [0.05, 0.1) is 6.54 Å². The van der Waals surface area contributed by atoms with Gasteiger partial charge in [0.15, 0.2) is 12.6 Å². The van der Waals surface area contributed by atoms with Crippen molar-refractivity contribution in [3.63, 3.8) is 0 Å². The lowest BCUT2D eigenvalue weighted by molar-refractivity contribution is -0.123. The van der Waals surface area contributed by atoms with E-state index in [0.29, 0.717) is 23.6 Å². The summed E-state index contributed by atoms with van der Waals surface area (Å²) in [6, 6.07) is 8.22. The molecule has 0 spiro atoms. The molecule has 1 saturated heterocycles. The molecule has 3 rings (SSSR count). The second kappa shape index (κ2) is 12.5. The van der Waals surface area contributed by atoms with Crippen LogP contribution in [0.3, 0.4) is 0 Å². The van der Waals surface area contributed by atoms with Gasteiger partial charge >= 0.3 is 0 Å². The molecule has 29 heavy (non-hydrogen) atoms. The number of thioether (sulfide) groups is 1. The molecule has 1 aromatic rings. The van der Waals surface area contributed by atoms with Crippen molar-refractivity contribution in [2.24, 2.45) is 4.99 Å². The molecule has 1 aliphatic carbocycles. The molecular weight excluding hydrogens is 499 g/mol. The Bertz CT molecular complexity index is 684. The lowest BCUT2D eigenvalue weighted by atomic mass is 10.2. The molecule has 2 N–H and O–H groups in total. The maximum atomic E-state index is 11.8. The number of guanidine groups is 1. The highest BCUT2D eigenvalue weighted by atomic mass is 127. The van der Waals surface area contributed by atoms with E-state index in [-0.39, 0.29) is 36.5 Å². The highest BCUT2D eigenvalue weighted by Gasteiger charge is 2.23. The summed E-state index contributed by atoms with van der Waals surface area (Å²) in [5, 5.41) is 7.04. The molecule has 1 amide bonds. The average molecular weight is 532 g/mol. The van der Waals surface area contributed by atoms with Gasteiger partial charge in [-0.25, -0.2) is 4.99 Å². The molecule has 1 heterocycles. The molecule has 8 heteroatoms. The van der Waals surface area contributed by atoms with E-state index in [2.05, 4.69) is 41.1 Å². The molecule has 6 nitrogen and oxygen atoms in total. The van der Waals surface area contributed by atoms with Crippen molar-refractivity contribution in [2.45, 2.75) is 50.9 Å². The van der Waals surface area contributed by atoms with Crippen LogP contribution in [0.15, 0.2) is 29.3 Å². The number of aliphatic imine (C=N–C) groups is 1. The van der Waals surface area contributed by atoms with Gasteiger partial charge in [0.25, 0.3) is 5.91 Å². The predicted octanol–water partition coefficient (Wildman–Crippen LogP) is 3.25. The molecule has 1 atom stereocenters. The third kappa shape index (κ3) is 8.24. The normalized spacial score (nSPS) is 19.3. The molecule has 2 fully saturated rings. The van der Waals surface area contributed by atoms with E-state index in [1.165, 1.54) is 6.42 Å². The van der Waals surface area contributed by atoms with Crippen LogP contribution >= 0.6 is 35.7 Å². The number of ether oxygens (including phenoxy) is 1. The number of hydrogen-bond donors (Lipinski definition) is 2. The van der Waals surface area contributed by atoms with Gasteiger partial charge < -0.3 is 20.3 Å². The lowest BCUT2D eigenvalue weighted by Crippen LogP contribution is -2.48. The molecule has 0 bridgehead atoms. The van der Waals surface area contributed by atoms with E-state index in [1.807, 2.05) is 24.3 Å². The van der Waals surface area contributed by atoms with E-state index in [9.17, 15) is 4.79 Å². The number of halogens is 1. The molecule has 162 valence electrons. The van der Waals surface area contributed by atoms with Gasteiger partial charge in [-0.05, 0) is 43.9 Å². The molecule has 2 aliphatic rings. The van der Waals surface area contributed by atoms with E-state index in [0.717, 1.165) is 49.8 Å². The highest BCUT2D eigenvalue weighted by Crippen LogP contribution is 2.21. The van der Waals surface area contributed by atoms with Crippen LogP contribution in [0.4, 0.5) is 0 Å². The number of carbonyl (C=O) groups is 1. The smallest absolute Gasteiger partial charge is 0.258 e. The minimum atomic E-state index is -0.0474. The van der Waals surface area contributed by atoms with Gasteiger partial charge in [-0.2, -0.15) is 11.8 Å². The van der Waals surface area contributed by atoms with Crippen molar-refractivity contribution >= 4 is 47.6 Å². The number of nitrogens with zero attached hydrogens (tertiary/aromatic N) is 2. The Labute approximate surface area is 195 Å². The van der Waals surface area contributed by atoms with E-state index < -0.39 is 0 Å². The van der Waals surface area contributed by atoms with Crippen LogP contribution in [0.25, 0.3) is 0 Å². The van der Waals surface area contributed by atoms with Gasteiger partial charge in [-0.1, -0.05) is 19.1 Å². The van der Waals surface area contributed by atoms with Crippen LogP contribution in [-0.2, 0) is 11.3 Å². The van der Waals surface area contributed by atoms with Crippen molar-refractivity contribution in [3.05, 3.63) is 29.8 Å². The Balaban J connectivity index is 0.00000300. The second-order valence-corrected chi connectivity index (χ2v) is 8.70. The number of benzene rings is 1. The van der Waals surface area contributed by atoms with Crippen molar-refractivity contribution in [3.8, 4) is 5.75 Å². The third-order valence-corrected chi connectivity index (χ3v) is 6.22. The first kappa shape index (κ1) is 24.1. The summed E-state index contributed by atoms with van der Waals surface area (Å²) in [6.07, 6.45) is 3.36. The summed E-state index contributed by atoms with van der Waals surface area (Å²) in [6.45, 7) is 7.95. The maximum Gasteiger partial charge on any atom is 0.258 e. The second-order valence-electron chi connectivity index (χ2n) is 7.30. The van der Waals surface area contributed by atoms with Crippen molar-refractivity contribution in [2.75, 3.05) is 32.0 Å². The Hall–Kier alpha value is -1.16. The number of nitrogens with one attached hydrogen (secondary N) is 2. The van der Waals surface area contributed by atoms with Gasteiger partial charge in [-0.3, -0.25) is 4.79 Å². The van der Waals surface area contributed by atoms with Gasteiger partial charge in [0.1, 0.15) is 5.75 Å². The van der Waals surface area contributed by atoms with Crippen molar-refractivity contribution in [1.29, 1.82) is 0 Å². The summed E-state index contributed by atoms with van der Waals surface area (Å²) < 4.78 is 5.65. The van der Waals surface area contributed by atoms with E-state index >= 15 is 0 Å². The number of rotatable bonds is 8. The molecule has 1 aliphatic heterocycles. The molecule has 0 aromatic heterocycles. The maximum absolute atomic E-state index is 11.8. The average Bonchev–Trinajstić information content (AvgIpc) is 3.54. The van der Waals surface area contributed by atoms with E-state index in [1.54, 1.807) is 0 Å². The van der Waals surface area contributed by atoms with Gasteiger partial charge in [0, 0.05) is 36.7 Å². The SMILES string of the molecule is CCNC(=NCc1cccc(OCC(=O)NC2CC2)c1)N1CCSC(CC)C1.I.